The molecule has 1 atom stereocenters. The van der Waals surface area contributed by atoms with Gasteiger partial charge >= 0.3 is 5.97 Å². The lowest BCUT2D eigenvalue weighted by atomic mass is 10.1. The van der Waals surface area contributed by atoms with Crippen LogP contribution in [0.4, 0.5) is 4.39 Å². The molecule has 0 aromatic heterocycles. The Balaban J connectivity index is 2.76. The summed E-state index contributed by atoms with van der Waals surface area (Å²) in [5, 5.41) is 9.93. The summed E-state index contributed by atoms with van der Waals surface area (Å²) in [4.78, 5) is 11.1. The van der Waals surface area contributed by atoms with Gasteiger partial charge in [0.1, 0.15) is 5.82 Å². The summed E-state index contributed by atoms with van der Waals surface area (Å²) < 4.78 is 17.9. The van der Waals surface area contributed by atoms with Gasteiger partial charge in [-0.15, -0.1) is 0 Å². The molecule has 0 saturated carbocycles. The summed E-state index contributed by atoms with van der Waals surface area (Å²) in [6.45, 7) is 1.88. The van der Waals surface area contributed by atoms with E-state index in [9.17, 15) is 14.3 Å². The SMILES string of the molecule is CCOC(=O)CC(O)c1cc(Cl)ccc1F. The van der Waals surface area contributed by atoms with Crippen molar-refractivity contribution in [3.63, 3.8) is 0 Å². The third-order valence-corrected chi connectivity index (χ3v) is 2.22. The number of esters is 1. The molecule has 0 radical (unpaired) electrons. The van der Waals surface area contributed by atoms with Gasteiger partial charge in [-0.25, -0.2) is 4.39 Å². The molecular weight excluding hydrogens is 235 g/mol. The second-order valence-corrected chi connectivity index (χ2v) is 3.63. The standard InChI is InChI=1S/C11H12ClFO3/c1-2-16-11(15)6-10(14)8-5-7(12)3-4-9(8)13/h3-5,10,14H,2,6H2,1H3. The van der Waals surface area contributed by atoms with Crippen LogP contribution in [-0.2, 0) is 9.53 Å². The summed E-state index contributed by atoms with van der Waals surface area (Å²) in [7, 11) is 0. The first kappa shape index (κ1) is 12.9. The summed E-state index contributed by atoms with van der Waals surface area (Å²) in [6.07, 6.45) is -1.52. The highest BCUT2D eigenvalue weighted by molar-refractivity contribution is 6.30. The van der Waals surface area contributed by atoms with Crippen molar-refractivity contribution in [1.29, 1.82) is 0 Å². The molecule has 0 saturated heterocycles. The zero-order valence-electron chi connectivity index (χ0n) is 8.74. The first-order valence-electron chi connectivity index (χ1n) is 4.83. The molecule has 1 aromatic rings. The van der Waals surface area contributed by atoms with Crippen LogP contribution in [0.25, 0.3) is 0 Å². The number of hydrogen-bond donors (Lipinski definition) is 1. The summed E-state index contributed by atoms with van der Waals surface area (Å²) in [5.74, 6) is -1.17. The molecule has 1 N–H and O–H groups in total. The summed E-state index contributed by atoms with van der Waals surface area (Å²) >= 11 is 5.66. The highest BCUT2D eigenvalue weighted by Crippen LogP contribution is 2.23. The van der Waals surface area contributed by atoms with Crippen LogP contribution in [0.1, 0.15) is 25.0 Å². The number of hydrogen-bond acceptors (Lipinski definition) is 3. The molecule has 0 fully saturated rings. The average Bonchev–Trinajstić information content (AvgIpc) is 2.21. The van der Waals surface area contributed by atoms with Gasteiger partial charge in [0.2, 0.25) is 0 Å². The molecule has 16 heavy (non-hydrogen) atoms. The Kier molecular flexibility index (Phi) is 4.71. The number of ether oxygens (including phenoxy) is 1. The van der Waals surface area contributed by atoms with E-state index in [4.69, 9.17) is 11.6 Å². The van der Waals surface area contributed by atoms with Crippen LogP contribution in [0, 0.1) is 5.82 Å². The van der Waals surface area contributed by atoms with Crippen molar-refractivity contribution in [2.75, 3.05) is 6.61 Å². The zero-order chi connectivity index (χ0) is 12.1. The van der Waals surface area contributed by atoms with Crippen LogP contribution in [0.2, 0.25) is 5.02 Å². The van der Waals surface area contributed by atoms with E-state index in [2.05, 4.69) is 4.74 Å². The van der Waals surface area contributed by atoms with Gasteiger partial charge in [-0.3, -0.25) is 4.79 Å². The molecule has 5 heteroatoms. The Hall–Kier alpha value is -1.13. The van der Waals surface area contributed by atoms with E-state index in [1.165, 1.54) is 12.1 Å². The number of carbonyl (C=O) groups is 1. The first-order chi connectivity index (χ1) is 7.54. The molecule has 0 aliphatic rings. The molecule has 1 rings (SSSR count). The van der Waals surface area contributed by atoms with Crippen LogP contribution < -0.4 is 0 Å². The Morgan fingerprint density at radius 1 is 1.62 bits per heavy atom. The molecule has 88 valence electrons. The van der Waals surface area contributed by atoms with E-state index >= 15 is 0 Å². The van der Waals surface area contributed by atoms with E-state index in [-0.39, 0.29) is 18.6 Å². The smallest absolute Gasteiger partial charge is 0.308 e. The highest BCUT2D eigenvalue weighted by atomic mass is 35.5. The average molecular weight is 247 g/mol. The van der Waals surface area contributed by atoms with Crippen molar-refractivity contribution in [2.45, 2.75) is 19.4 Å². The maximum absolute atomic E-state index is 13.3. The lowest BCUT2D eigenvalue weighted by Crippen LogP contribution is -2.11. The van der Waals surface area contributed by atoms with Crippen LogP contribution >= 0.6 is 11.6 Å². The van der Waals surface area contributed by atoms with E-state index in [0.29, 0.717) is 5.02 Å². The summed E-state index contributed by atoms with van der Waals surface area (Å²) in [6, 6.07) is 3.81. The number of aliphatic hydroxyl groups excluding tert-OH is 1. The minimum absolute atomic E-state index is 0.000512. The zero-order valence-corrected chi connectivity index (χ0v) is 9.50. The van der Waals surface area contributed by atoms with Gasteiger partial charge in [-0.2, -0.15) is 0 Å². The predicted molar refractivity (Wildman–Crippen MR) is 57.6 cm³/mol. The Labute approximate surface area is 97.8 Å². The van der Waals surface area contributed by atoms with Crippen LogP contribution in [-0.4, -0.2) is 17.7 Å². The Morgan fingerprint density at radius 2 is 2.31 bits per heavy atom. The number of halogens is 2. The van der Waals surface area contributed by atoms with Crippen molar-refractivity contribution in [3.05, 3.63) is 34.6 Å². The topological polar surface area (TPSA) is 46.5 Å². The maximum Gasteiger partial charge on any atom is 0.308 e. The molecule has 0 heterocycles. The number of rotatable bonds is 4. The highest BCUT2D eigenvalue weighted by Gasteiger charge is 2.17. The summed E-state index contributed by atoms with van der Waals surface area (Å²) in [5.41, 5.74) is 0.000512. The van der Waals surface area contributed by atoms with Gasteiger partial charge in [-0.05, 0) is 25.1 Å². The predicted octanol–water partition coefficient (Wildman–Crippen LogP) is 2.47. The van der Waals surface area contributed by atoms with Crippen LogP contribution in [0.3, 0.4) is 0 Å². The molecule has 0 aliphatic heterocycles. The second-order valence-electron chi connectivity index (χ2n) is 3.19. The minimum atomic E-state index is -1.24. The molecule has 1 unspecified atom stereocenters. The van der Waals surface area contributed by atoms with Crippen molar-refractivity contribution < 1.29 is 19.0 Å². The van der Waals surface area contributed by atoms with Crippen molar-refractivity contribution in [2.24, 2.45) is 0 Å². The van der Waals surface area contributed by atoms with Gasteiger partial charge in [0, 0.05) is 10.6 Å². The molecule has 0 spiro atoms. The molecule has 0 bridgehead atoms. The van der Waals surface area contributed by atoms with Crippen molar-refractivity contribution in [1.82, 2.24) is 0 Å². The van der Waals surface area contributed by atoms with E-state index < -0.39 is 17.9 Å². The van der Waals surface area contributed by atoms with Gasteiger partial charge in [0.15, 0.2) is 0 Å². The number of carbonyl (C=O) groups excluding carboxylic acids is 1. The largest absolute Gasteiger partial charge is 0.466 e. The van der Waals surface area contributed by atoms with E-state index in [0.717, 1.165) is 6.07 Å². The number of benzene rings is 1. The van der Waals surface area contributed by atoms with Crippen molar-refractivity contribution >= 4 is 17.6 Å². The second kappa shape index (κ2) is 5.82. The fraction of sp³-hybridized carbons (Fsp3) is 0.364. The fourth-order valence-electron chi connectivity index (χ4n) is 1.26. The fourth-order valence-corrected chi connectivity index (χ4v) is 1.44. The van der Waals surface area contributed by atoms with Gasteiger partial charge in [0.05, 0.1) is 19.1 Å². The van der Waals surface area contributed by atoms with Gasteiger partial charge < -0.3 is 9.84 Å². The van der Waals surface area contributed by atoms with E-state index in [1.54, 1.807) is 6.92 Å². The number of aliphatic hydroxyl groups is 1. The van der Waals surface area contributed by atoms with Crippen LogP contribution in [0.5, 0.6) is 0 Å². The maximum atomic E-state index is 13.3. The lowest BCUT2D eigenvalue weighted by molar-refractivity contribution is -0.145. The Morgan fingerprint density at radius 3 is 2.94 bits per heavy atom. The molecule has 3 nitrogen and oxygen atoms in total. The first-order valence-corrected chi connectivity index (χ1v) is 5.21. The normalized spacial score (nSPS) is 12.2. The molecular formula is C11H12ClFO3. The minimum Gasteiger partial charge on any atom is -0.466 e. The third kappa shape index (κ3) is 3.47. The molecule has 0 aliphatic carbocycles. The monoisotopic (exact) mass is 246 g/mol. The van der Waals surface area contributed by atoms with Crippen LogP contribution in [0.15, 0.2) is 18.2 Å². The quantitative estimate of drug-likeness (QED) is 0.831. The van der Waals surface area contributed by atoms with Gasteiger partial charge in [0.25, 0.3) is 0 Å². The third-order valence-electron chi connectivity index (χ3n) is 1.98. The molecule has 1 aromatic carbocycles. The lowest BCUT2D eigenvalue weighted by Gasteiger charge is -2.11. The van der Waals surface area contributed by atoms with E-state index in [1.807, 2.05) is 0 Å². The van der Waals surface area contributed by atoms with Crippen molar-refractivity contribution in [3.8, 4) is 0 Å². The van der Waals surface area contributed by atoms with Gasteiger partial charge in [-0.1, -0.05) is 11.6 Å². The molecule has 0 amide bonds. The Bertz CT molecular complexity index is 381.